The fraction of sp³-hybridized carbons (Fsp3) is 0.308. The SMILES string of the molecule is CCc1nc2cc([N+](=O)[O-])ccc2c(N)c1CC. The van der Waals surface area contributed by atoms with Gasteiger partial charge < -0.3 is 5.73 Å². The van der Waals surface area contributed by atoms with Crippen LogP contribution < -0.4 is 5.73 Å². The van der Waals surface area contributed by atoms with Gasteiger partial charge in [-0.15, -0.1) is 0 Å². The predicted octanol–water partition coefficient (Wildman–Crippen LogP) is 2.85. The molecule has 5 nitrogen and oxygen atoms in total. The van der Waals surface area contributed by atoms with Crippen LogP contribution in [0.1, 0.15) is 25.1 Å². The van der Waals surface area contributed by atoms with Gasteiger partial charge in [-0.25, -0.2) is 0 Å². The third-order valence-electron chi connectivity index (χ3n) is 3.10. The van der Waals surface area contributed by atoms with Crippen LogP contribution in [0, 0.1) is 10.1 Å². The molecule has 94 valence electrons. The summed E-state index contributed by atoms with van der Waals surface area (Å²) >= 11 is 0. The van der Waals surface area contributed by atoms with E-state index in [1.807, 2.05) is 13.8 Å². The second kappa shape index (κ2) is 4.60. The number of nitro groups is 1. The summed E-state index contributed by atoms with van der Waals surface area (Å²) in [5.74, 6) is 0. The number of hydrogen-bond donors (Lipinski definition) is 1. The molecule has 0 radical (unpaired) electrons. The van der Waals surface area contributed by atoms with E-state index in [9.17, 15) is 10.1 Å². The quantitative estimate of drug-likeness (QED) is 0.665. The molecule has 0 aliphatic heterocycles. The number of nitrogen functional groups attached to an aromatic ring is 1. The van der Waals surface area contributed by atoms with E-state index in [4.69, 9.17) is 5.73 Å². The summed E-state index contributed by atoms with van der Waals surface area (Å²) in [7, 11) is 0. The molecule has 0 saturated heterocycles. The van der Waals surface area contributed by atoms with Gasteiger partial charge in [-0.1, -0.05) is 13.8 Å². The summed E-state index contributed by atoms with van der Waals surface area (Å²) in [6.07, 6.45) is 1.58. The molecule has 0 unspecified atom stereocenters. The first-order valence-corrected chi connectivity index (χ1v) is 5.93. The lowest BCUT2D eigenvalue weighted by Gasteiger charge is -2.11. The topological polar surface area (TPSA) is 82.0 Å². The Bertz CT molecular complexity index is 623. The third-order valence-corrected chi connectivity index (χ3v) is 3.10. The van der Waals surface area contributed by atoms with E-state index >= 15 is 0 Å². The van der Waals surface area contributed by atoms with Crippen LogP contribution >= 0.6 is 0 Å². The number of nitrogens with zero attached hydrogens (tertiary/aromatic N) is 2. The molecule has 0 saturated carbocycles. The van der Waals surface area contributed by atoms with E-state index in [2.05, 4.69) is 4.98 Å². The molecule has 0 spiro atoms. The van der Waals surface area contributed by atoms with Gasteiger partial charge in [-0.3, -0.25) is 15.1 Å². The molecule has 1 heterocycles. The van der Waals surface area contributed by atoms with Gasteiger partial charge >= 0.3 is 0 Å². The van der Waals surface area contributed by atoms with Crippen molar-refractivity contribution in [3.8, 4) is 0 Å². The highest BCUT2D eigenvalue weighted by Gasteiger charge is 2.13. The normalized spacial score (nSPS) is 10.8. The van der Waals surface area contributed by atoms with Crippen LogP contribution in [0.2, 0.25) is 0 Å². The average Bonchev–Trinajstić information content (AvgIpc) is 2.37. The number of benzene rings is 1. The minimum absolute atomic E-state index is 0.0423. The molecule has 0 fully saturated rings. The maximum atomic E-state index is 10.8. The maximum absolute atomic E-state index is 10.8. The van der Waals surface area contributed by atoms with Crippen LogP contribution in [0.15, 0.2) is 18.2 Å². The van der Waals surface area contributed by atoms with Crippen LogP contribution in [-0.4, -0.2) is 9.91 Å². The first-order valence-electron chi connectivity index (χ1n) is 5.93. The predicted molar refractivity (Wildman–Crippen MR) is 71.6 cm³/mol. The highest BCUT2D eigenvalue weighted by Crippen LogP contribution is 2.29. The molecule has 2 N–H and O–H groups in total. The van der Waals surface area contributed by atoms with E-state index in [0.717, 1.165) is 29.5 Å². The van der Waals surface area contributed by atoms with Crippen LogP contribution in [0.3, 0.4) is 0 Å². The summed E-state index contributed by atoms with van der Waals surface area (Å²) < 4.78 is 0. The maximum Gasteiger partial charge on any atom is 0.271 e. The van der Waals surface area contributed by atoms with Crippen LogP contribution in [-0.2, 0) is 12.8 Å². The zero-order valence-corrected chi connectivity index (χ0v) is 10.4. The molecule has 2 rings (SSSR count). The molecule has 0 aliphatic rings. The Hall–Kier alpha value is -2.17. The minimum atomic E-state index is -0.420. The van der Waals surface area contributed by atoms with Gasteiger partial charge in [0.1, 0.15) is 0 Å². The Morgan fingerprint density at radius 2 is 2.06 bits per heavy atom. The number of rotatable bonds is 3. The Labute approximate surface area is 105 Å². The Balaban J connectivity index is 2.77. The van der Waals surface area contributed by atoms with Crippen LogP contribution in [0.4, 0.5) is 11.4 Å². The van der Waals surface area contributed by atoms with E-state index in [0.29, 0.717) is 11.2 Å². The monoisotopic (exact) mass is 245 g/mol. The zero-order chi connectivity index (χ0) is 13.3. The summed E-state index contributed by atoms with van der Waals surface area (Å²) in [6.45, 7) is 4.04. The van der Waals surface area contributed by atoms with Crippen molar-refractivity contribution < 1.29 is 4.92 Å². The van der Waals surface area contributed by atoms with Crippen molar-refractivity contribution in [3.05, 3.63) is 39.6 Å². The number of aromatic nitrogens is 1. The fourth-order valence-corrected chi connectivity index (χ4v) is 2.17. The number of fused-ring (bicyclic) bond motifs is 1. The fourth-order valence-electron chi connectivity index (χ4n) is 2.17. The molecule has 5 heteroatoms. The smallest absolute Gasteiger partial charge is 0.271 e. The van der Waals surface area contributed by atoms with Crippen molar-refractivity contribution in [1.82, 2.24) is 4.98 Å². The lowest BCUT2D eigenvalue weighted by Crippen LogP contribution is -2.03. The van der Waals surface area contributed by atoms with Crippen LogP contribution in [0.25, 0.3) is 10.9 Å². The van der Waals surface area contributed by atoms with Crippen molar-refractivity contribution in [2.75, 3.05) is 5.73 Å². The number of aryl methyl sites for hydroxylation is 1. The number of anilines is 1. The van der Waals surface area contributed by atoms with Gasteiger partial charge in [-0.05, 0) is 24.5 Å². The van der Waals surface area contributed by atoms with Crippen molar-refractivity contribution in [2.24, 2.45) is 0 Å². The van der Waals surface area contributed by atoms with Gasteiger partial charge in [0.15, 0.2) is 0 Å². The molecule has 0 bridgehead atoms. The summed E-state index contributed by atoms with van der Waals surface area (Å²) in [5, 5.41) is 11.5. The molecular formula is C13H15N3O2. The van der Waals surface area contributed by atoms with E-state index < -0.39 is 4.92 Å². The summed E-state index contributed by atoms with van der Waals surface area (Å²) in [6, 6.07) is 4.62. The van der Waals surface area contributed by atoms with Crippen molar-refractivity contribution in [2.45, 2.75) is 26.7 Å². The molecule has 18 heavy (non-hydrogen) atoms. The largest absolute Gasteiger partial charge is 0.398 e. The second-order valence-electron chi connectivity index (χ2n) is 4.12. The third kappa shape index (κ3) is 1.88. The van der Waals surface area contributed by atoms with E-state index in [1.165, 1.54) is 12.1 Å². The lowest BCUT2D eigenvalue weighted by molar-refractivity contribution is -0.384. The summed E-state index contributed by atoms with van der Waals surface area (Å²) in [4.78, 5) is 14.8. The number of nitrogens with two attached hydrogens (primary N) is 1. The number of nitro benzene ring substituents is 1. The summed E-state index contributed by atoms with van der Waals surface area (Å²) in [5.41, 5.74) is 9.41. The van der Waals surface area contributed by atoms with Crippen molar-refractivity contribution in [3.63, 3.8) is 0 Å². The highest BCUT2D eigenvalue weighted by molar-refractivity contribution is 5.93. The number of non-ortho nitro benzene ring substituents is 1. The van der Waals surface area contributed by atoms with E-state index in [-0.39, 0.29) is 5.69 Å². The molecule has 1 aromatic heterocycles. The first kappa shape index (κ1) is 12.3. The van der Waals surface area contributed by atoms with Gasteiger partial charge in [0, 0.05) is 28.9 Å². The molecule has 1 aromatic carbocycles. The minimum Gasteiger partial charge on any atom is -0.398 e. The number of hydrogen-bond acceptors (Lipinski definition) is 4. The van der Waals surface area contributed by atoms with Crippen LogP contribution in [0.5, 0.6) is 0 Å². The van der Waals surface area contributed by atoms with Crippen molar-refractivity contribution in [1.29, 1.82) is 0 Å². The molecule has 0 aliphatic carbocycles. The number of pyridine rings is 1. The molecule has 0 atom stereocenters. The molecule has 0 amide bonds. The molecular weight excluding hydrogens is 230 g/mol. The zero-order valence-electron chi connectivity index (χ0n) is 10.4. The van der Waals surface area contributed by atoms with Crippen molar-refractivity contribution >= 4 is 22.3 Å². The standard InChI is InChI=1S/C13H15N3O2/c1-3-9-11(4-2)15-12-7-8(16(17)18)5-6-10(12)13(9)14/h5-7H,3-4H2,1-2H3,(H2,14,15). The molecule has 2 aromatic rings. The Kier molecular flexibility index (Phi) is 3.14. The Morgan fingerprint density at radius 1 is 1.33 bits per heavy atom. The highest BCUT2D eigenvalue weighted by atomic mass is 16.6. The average molecular weight is 245 g/mol. The van der Waals surface area contributed by atoms with Gasteiger partial charge in [0.2, 0.25) is 0 Å². The van der Waals surface area contributed by atoms with E-state index in [1.54, 1.807) is 6.07 Å². The van der Waals surface area contributed by atoms with Gasteiger partial charge in [-0.2, -0.15) is 0 Å². The second-order valence-corrected chi connectivity index (χ2v) is 4.12. The van der Waals surface area contributed by atoms with Gasteiger partial charge in [0.25, 0.3) is 5.69 Å². The first-order chi connectivity index (χ1) is 8.58. The Morgan fingerprint density at radius 3 is 2.61 bits per heavy atom. The van der Waals surface area contributed by atoms with Gasteiger partial charge in [0.05, 0.1) is 10.4 Å². The lowest BCUT2D eigenvalue weighted by atomic mass is 10.0.